The van der Waals surface area contributed by atoms with E-state index in [0.29, 0.717) is 29.6 Å². The molecule has 1 aromatic carbocycles. The zero-order valence-electron chi connectivity index (χ0n) is 13.2. The van der Waals surface area contributed by atoms with Crippen molar-refractivity contribution >= 4 is 12.4 Å². The Hall–Kier alpha value is -1.79. The van der Waals surface area contributed by atoms with Crippen molar-refractivity contribution in [2.45, 2.75) is 26.3 Å². The van der Waals surface area contributed by atoms with Crippen molar-refractivity contribution < 1.29 is 14.0 Å². The average molecular weight is 328 g/mol. The van der Waals surface area contributed by atoms with Crippen LogP contribution in [-0.2, 0) is 6.42 Å². The van der Waals surface area contributed by atoms with Gasteiger partial charge in [0.15, 0.2) is 17.3 Å². The van der Waals surface area contributed by atoms with Gasteiger partial charge in [-0.05, 0) is 23.6 Å². The van der Waals surface area contributed by atoms with Crippen LogP contribution in [0.2, 0.25) is 0 Å². The van der Waals surface area contributed by atoms with E-state index in [1.54, 1.807) is 14.2 Å². The summed E-state index contributed by atoms with van der Waals surface area (Å²) in [6.45, 7) is 4.03. The summed E-state index contributed by atoms with van der Waals surface area (Å²) in [6.07, 6.45) is 0.550. The van der Waals surface area contributed by atoms with Gasteiger partial charge < -0.3 is 19.7 Å². The van der Waals surface area contributed by atoms with E-state index in [4.69, 9.17) is 19.7 Å². The summed E-state index contributed by atoms with van der Waals surface area (Å²) in [6, 6.07) is 5.46. The molecule has 1 atom stereocenters. The van der Waals surface area contributed by atoms with E-state index in [9.17, 15) is 0 Å². The number of benzene rings is 1. The largest absolute Gasteiger partial charge is 0.493 e. The number of rotatable bonds is 6. The van der Waals surface area contributed by atoms with Crippen LogP contribution in [0.4, 0.5) is 0 Å². The predicted octanol–water partition coefficient (Wildman–Crippen LogP) is 2.76. The highest BCUT2D eigenvalue weighted by molar-refractivity contribution is 5.85. The Morgan fingerprint density at radius 1 is 1.18 bits per heavy atom. The Morgan fingerprint density at radius 3 is 2.45 bits per heavy atom. The van der Waals surface area contributed by atoms with E-state index < -0.39 is 0 Å². The van der Waals surface area contributed by atoms with Crippen molar-refractivity contribution in [3.63, 3.8) is 0 Å². The third-order valence-electron chi connectivity index (χ3n) is 3.30. The van der Waals surface area contributed by atoms with Crippen LogP contribution in [0, 0.1) is 5.92 Å². The minimum atomic E-state index is -0.239. The first-order valence-corrected chi connectivity index (χ1v) is 6.84. The highest BCUT2D eigenvalue weighted by atomic mass is 35.5. The fourth-order valence-corrected chi connectivity index (χ4v) is 1.93. The summed E-state index contributed by atoms with van der Waals surface area (Å²) in [4.78, 5) is 4.35. The van der Waals surface area contributed by atoms with Crippen LogP contribution in [0.5, 0.6) is 11.5 Å². The van der Waals surface area contributed by atoms with Gasteiger partial charge >= 0.3 is 0 Å². The normalized spacial score (nSPS) is 11.9. The van der Waals surface area contributed by atoms with Gasteiger partial charge in [0.1, 0.15) is 0 Å². The van der Waals surface area contributed by atoms with Gasteiger partial charge in [-0.3, -0.25) is 0 Å². The van der Waals surface area contributed by atoms with Crippen LogP contribution in [0.1, 0.15) is 37.2 Å². The number of methoxy groups -OCH3 is 2. The van der Waals surface area contributed by atoms with Crippen LogP contribution < -0.4 is 15.2 Å². The fraction of sp³-hybridized carbons (Fsp3) is 0.467. The third-order valence-corrected chi connectivity index (χ3v) is 3.30. The molecule has 0 bridgehead atoms. The maximum absolute atomic E-state index is 6.00. The molecule has 22 heavy (non-hydrogen) atoms. The highest BCUT2D eigenvalue weighted by Crippen LogP contribution is 2.28. The number of nitrogens with zero attached hydrogens (tertiary/aromatic N) is 2. The molecule has 6 nitrogen and oxygen atoms in total. The molecule has 1 aromatic heterocycles. The van der Waals surface area contributed by atoms with E-state index in [-0.39, 0.29) is 24.4 Å². The molecule has 0 fully saturated rings. The van der Waals surface area contributed by atoms with E-state index in [2.05, 4.69) is 10.1 Å². The lowest BCUT2D eigenvalue weighted by Gasteiger charge is -2.09. The standard InChI is InChI=1S/C15H21N3O3.ClH/c1-9(2)14(16)15-17-13(18-21-15)8-10-5-6-11(19-3)12(7-10)20-4;/h5-7,9,14H,8,16H2,1-4H3;1H. The predicted molar refractivity (Wildman–Crippen MR) is 85.7 cm³/mol. The van der Waals surface area contributed by atoms with Crippen LogP contribution in [0.15, 0.2) is 22.7 Å². The number of halogens is 1. The van der Waals surface area contributed by atoms with Gasteiger partial charge in [-0.25, -0.2) is 0 Å². The molecule has 0 saturated heterocycles. The summed E-state index contributed by atoms with van der Waals surface area (Å²) in [5.41, 5.74) is 7.01. The molecule has 0 aliphatic rings. The minimum absolute atomic E-state index is 0. The monoisotopic (exact) mass is 327 g/mol. The van der Waals surface area contributed by atoms with Gasteiger partial charge in [0.2, 0.25) is 5.89 Å². The van der Waals surface area contributed by atoms with Crippen molar-refractivity contribution in [3.05, 3.63) is 35.5 Å². The zero-order chi connectivity index (χ0) is 15.4. The summed E-state index contributed by atoms with van der Waals surface area (Å²) < 4.78 is 15.7. The van der Waals surface area contributed by atoms with Crippen LogP contribution in [0.25, 0.3) is 0 Å². The van der Waals surface area contributed by atoms with Crippen LogP contribution >= 0.6 is 12.4 Å². The van der Waals surface area contributed by atoms with Crippen molar-refractivity contribution in [2.24, 2.45) is 11.7 Å². The smallest absolute Gasteiger partial charge is 0.243 e. The van der Waals surface area contributed by atoms with Gasteiger partial charge in [0.05, 0.1) is 20.3 Å². The SMILES string of the molecule is COc1ccc(Cc2noc(C(N)C(C)C)n2)cc1OC.Cl. The number of nitrogens with two attached hydrogens (primary N) is 1. The molecule has 2 rings (SSSR count). The Balaban J connectivity index is 0.00000242. The van der Waals surface area contributed by atoms with Crippen molar-refractivity contribution in [3.8, 4) is 11.5 Å². The average Bonchev–Trinajstić information content (AvgIpc) is 2.94. The van der Waals surface area contributed by atoms with E-state index >= 15 is 0 Å². The first kappa shape index (κ1) is 18.3. The first-order chi connectivity index (χ1) is 10.0. The third kappa shape index (κ3) is 4.11. The van der Waals surface area contributed by atoms with Crippen molar-refractivity contribution in [1.29, 1.82) is 0 Å². The Labute approximate surface area is 136 Å². The molecule has 0 amide bonds. The van der Waals surface area contributed by atoms with Gasteiger partial charge in [0, 0.05) is 6.42 Å². The van der Waals surface area contributed by atoms with Crippen molar-refractivity contribution in [1.82, 2.24) is 10.1 Å². The molecule has 2 N–H and O–H groups in total. The lowest BCUT2D eigenvalue weighted by molar-refractivity contribution is 0.322. The summed E-state index contributed by atoms with van der Waals surface area (Å²) >= 11 is 0. The molecular formula is C15H22ClN3O3. The lowest BCUT2D eigenvalue weighted by atomic mass is 10.1. The second-order valence-corrected chi connectivity index (χ2v) is 5.18. The van der Waals surface area contributed by atoms with Gasteiger partial charge in [-0.2, -0.15) is 4.98 Å². The summed E-state index contributed by atoms with van der Waals surface area (Å²) in [5.74, 6) is 2.70. The molecule has 1 unspecified atom stereocenters. The zero-order valence-corrected chi connectivity index (χ0v) is 14.0. The summed E-state index contributed by atoms with van der Waals surface area (Å²) in [7, 11) is 3.21. The van der Waals surface area contributed by atoms with Crippen LogP contribution in [-0.4, -0.2) is 24.4 Å². The molecule has 2 aromatic rings. The molecule has 122 valence electrons. The topological polar surface area (TPSA) is 83.4 Å². The number of hydrogen-bond acceptors (Lipinski definition) is 6. The van der Waals surface area contributed by atoms with E-state index in [0.717, 1.165) is 5.56 Å². The maximum Gasteiger partial charge on any atom is 0.243 e. The molecule has 0 saturated carbocycles. The van der Waals surface area contributed by atoms with Gasteiger partial charge in [0.25, 0.3) is 0 Å². The first-order valence-electron chi connectivity index (χ1n) is 6.84. The minimum Gasteiger partial charge on any atom is -0.493 e. The van der Waals surface area contributed by atoms with Gasteiger partial charge in [-0.1, -0.05) is 25.1 Å². The Kier molecular flexibility index (Phi) is 6.64. The number of ether oxygens (including phenoxy) is 2. The molecule has 0 aliphatic heterocycles. The second kappa shape index (κ2) is 8.00. The fourth-order valence-electron chi connectivity index (χ4n) is 1.93. The Morgan fingerprint density at radius 2 is 1.86 bits per heavy atom. The molecule has 0 radical (unpaired) electrons. The molecule has 0 spiro atoms. The quantitative estimate of drug-likeness (QED) is 0.878. The van der Waals surface area contributed by atoms with E-state index in [1.807, 2.05) is 32.0 Å². The molecule has 7 heteroatoms. The Bertz CT molecular complexity index is 601. The molecule has 1 heterocycles. The number of hydrogen-bond donors (Lipinski definition) is 1. The van der Waals surface area contributed by atoms with Gasteiger partial charge in [-0.15, -0.1) is 12.4 Å². The maximum atomic E-state index is 6.00. The number of aromatic nitrogens is 2. The lowest BCUT2D eigenvalue weighted by Crippen LogP contribution is -2.17. The highest BCUT2D eigenvalue weighted by Gasteiger charge is 2.18. The molecular weight excluding hydrogens is 306 g/mol. The summed E-state index contributed by atoms with van der Waals surface area (Å²) in [5, 5.41) is 3.97. The van der Waals surface area contributed by atoms with Crippen molar-refractivity contribution in [2.75, 3.05) is 14.2 Å². The second-order valence-electron chi connectivity index (χ2n) is 5.18. The van der Waals surface area contributed by atoms with E-state index in [1.165, 1.54) is 0 Å². The molecule has 0 aliphatic carbocycles. The van der Waals surface area contributed by atoms with Crippen LogP contribution in [0.3, 0.4) is 0 Å².